The summed E-state index contributed by atoms with van der Waals surface area (Å²) in [5.74, 6) is 2.43. The second-order valence-electron chi connectivity index (χ2n) is 6.36. The predicted octanol–water partition coefficient (Wildman–Crippen LogP) is 2.57. The van der Waals surface area contributed by atoms with Crippen LogP contribution in [0.25, 0.3) is 5.69 Å². The zero-order valence-electron chi connectivity index (χ0n) is 13.7. The van der Waals surface area contributed by atoms with Gasteiger partial charge in [-0.2, -0.15) is 9.47 Å². The summed E-state index contributed by atoms with van der Waals surface area (Å²) < 4.78 is 12.2. The fourth-order valence-corrected chi connectivity index (χ4v) is 3.97. The number of nitrogens with zero attached hydrogens (tertiary/aromatic N) is 6. The molecule has 3 aromatic rings. The van der Waals surface area contributed by atoms with Gasteiger partial charge in [-0.3, -0.25) is 0 Å². The lowest BCUT2D eigenvalue weighted by molar-refractivity contribution is 0.0911. The van der Waals surface area contributed by atoms with Gasteiger partial charge in [-0.05, 0) is 25.0 Å². The lowest BCUT2D eigenvalue weighted by atomic mass is 10.2. The zero-order valence-corrected chi connectivity index (χ0v) is 14.5. The van der Waals surface area contributed by atoms with Crippen molar-refractivity contribution in [1.82, 2.24) is 24.1 Å². The van der Waals surface area contributed by atoms with Crippen LogP contribution in [0.4, 0.5) is 5.13 Å². The van der Waals surface area contributed by atoms with Crippen LogP contribution < -0.4 is 4.90 Å². The molecule has 1 aromatic carbocycles. The van der Waals surface area contributed by atoms with Gasteiger partial charge >= 0.3 is 0 Å². The highest BCUT2D eigenvalue weighted by molar-refractivity contribution is 7.09. The normalized spacial score (nSPS) is 20.8. The molecule has 8 heteroatoms. The van der Waals surface area contributed by atoms with E-state index in [9.17, 15) is 0 Å². The van der Waals surface area contributed by atoms with Crippen LogP contribution in [0.15, 0.2) is 36.7 Å². The Labute approximate surface area is 149 Å². The number of rotatable bonds is 4. The third-order valence-electron chi connectivity index (χ3n) is 4.62. The van der Waals surface area contributed by atoms with Gasteiger partial charge in [0.15, 0.2) is 5.82 Å². The topological polar surface area (TPSA) is 69.0 Å². The summed E-state index contributed by atoms with van der Waals surface area (Å²) in [5.41, 5.74) is 0.997. The van der Waals surface area contributed by atoms with Crippen LogP contribution in [0.3, 0.4) is 0 Å². The summed E-state index contributed by atoms with van der Waals surface area (Å²) in [4.78, 5) is 11.6. The van der Waals surface area contributed by atoms with Crippen LogP contribution in [0.1, 0.15) is 36.5 Å². The van der Waals surface area contributed by atoms with Crippen molar-refractivity contribution in [1.29, 1.82) is 0 Å². The molecule has 1 saturated heterocycles. The van der Waals surface area contributed by atoms with Crippen LogP contribution in [0, 0.1) is 0 Å². The summed E-state index contributed by atoms with van der Waals surface area (Å²) >= 11 is 1.48. The van der Waals surface area contributed by atoms with Crippen LogP contribution in [0.2, 0.25) is 0 Å². The van der Waals surface area contributed by atoms with Crippen molar-refractivity contribution in [3.05, 3.63) is 48.3 Å². The standard InChI is InChI=1S/C17H18N6OS/c1-2-4-13(5-3-1)23-16(18-11-19-23)14-10-24-9-8-22(14)17-20-15(21-25-17)12-6-7-12/h1-5,11-12,14H,6-10H2. The van der Waals surface area contributed by atoms with Crippen molar-refractivity contribution in [2.24, 2.45) is 0 Å². The molecule has 0 amide bonds. The number of para-hydroxylation sites is 1. The summed E-state index contributed by atoms with van der Waals surface area (Å²) in [5, 5.41) is 5.38. The Balaban J connectivity index is 1.50. The molecular weight excluding hydrogens is 336 g/mol. The minimum Gasteiger partial charge on any atom is -0.377 e. The van der Waals surface area contributed by atoms with Crippen molar-refractivity contribution in [3.8, 4) is 5.69 Å². The Morgan fingerprint density at radius 3 is 2.88 bits per heavy atom. The van der Waals surface area contributed by atoms with Gasteiger partial charge in [-0.15, -0.1) is 0 Å². The first-order valence-electron chi connectivity index (χ1n) is 8.53. The molecule has 2 aliphatic rings. The van der Waals surface area contributed by atoms with Gasteiger partial charge in [0, 0.05) is 24.0 Å². The molecule has 0 radical (unpaired) electrons. The first-order chi connectivity index (χ1) is 12.4. The SMILES string of the molecule is c1ccc(-n2ncnc2C2COCCN2c2nc(C3CC3)ns2)cc1. The average molecular weight is 354 g/mol. The second kappa shape index (κ2) is 6.20. The van der Waals surface area contributed by atoms with E-state index in [1.807, 2.05) is 35.0 Å². The van der Waals surface area contributed by atoms with Gasteiger partial charge in [-0.25, -0.2) is 14.6 Å². The molecule has 2 aromatic heterocycles. The molecule has 2 fully saturated rings. The molecule has 7 nitrogen and oxygen atoms in total. The molecule has 0 bridgehead atoms. The Kier molecular flexibility index (Phi) is 3.71. The molecule has 128 valence electrons. The first-order valence-corrected chi connectivity index (χ1v) is 9.31. The van der Waals surface area contributed by atoms with E-state index in [2.05, 4.69) is 19.4 Å². The Morgan fingerprint density at radius 1 is 1.16 bits per heavy atom. The summed E-state index contributed by atoms with van der Waals surface area (Å²) in [6.45, 7) is 2.05. The number of hydrogen-bond donors (Lipinski definition) is 0. The van der Waals surface area contributed by atoms with Crippen molar-refractivity contribution in [2.45, 2.75) is 24.8 Å². The van der Waals surface area contributed by atoms with Crippen LogP contribution in [-0.4, -0.2) is 43.9 Å². The number of hydrogen-bond acceptors (Lipinski definition) is 7. The lowest BCUT2D eigenvalue weighted by Crippen LogP contribution is -2.41. The summed E-state index contributed by atoms with van der Waals surface area (Å²) in [6.07, 6.45) is 4.03. The van der Waals surface area contributed by atoms with Gasteiger partial charge in [0.2, 0.25) is 5.13 Å². The van der Waals surface area contributed by atoms with Gasteiger partial charge < -0.3 is 9.64 Å². The van der Waals surface area contributed by atoms with Crippen molar-refractivity contribution in [2.75, 3.05) is 24.7 Å². The Morgan fingerprint density at radius 2 is 2.04 bits per heavy atom. The first kappa shape index (κ1) is 15.0. The molecule has 3 heterocycles. The van der Waals surface area contributed by atoms with Crippen LogP contribution in [-0.2, 0) is 4.74 Å². The smallest absolute Gasteiger partial charge is 0.206 e. The van der Waals surface area contributed by atoms with E-state index in [4.69, 9.17) is 9.72 Å². The van der Waals surface area contributed by atoms with Gasteiger partial charge in [0.05, 0.1) is 18.9 Å². The maximum absolute atomic E-state index is 5.75. The van der Waals surface area contributed by atoms with E-state index in [0.717, 1.165) is 29.0 Å². The van der Waals surface area contributed by atoms with E-state index in [1.165, 1.54) is 24.4 Å². The van der Waals surface area contributed by atoms with Crippen LogP contribution >= 0.6 is 11.5 Å². The monoisotopic (exact) mass is 354 g/mol. The van der Waals surface area contributed by atoms with E-state index < -0.39 is 0 Å². The zero-order chi connectivity index (χ0) is 16.6. The van der Waals surface area contributed by atoms with E-state index >= 15 is 0 Å². The Bertz CT molecular complexity index is 859. The van der Waals surface area contributed by atoms with Crippen molar-refractivity contribution >= 4 is 16.7 Å². The number of anilines is 1. The highest BCUT2D eigenvalue weighted by Gasteiger charge is 2.33. The van der Waals surface area contributed by atoms with Gasteiger partial charge in [-0.1, -0.05) is 18.2 Å². The van der Waals surface area contributed by atoms with Gasteiger partial charge in [0.25, 0.3) is 0 Å². The third-order valence-corrected chi connectivity index (χ3v) is 5.39. The fraction of sp³-hybridized carbons (Fsp3) is 0.412. The number of morpholine rings is 1. The van der Waals surface area contributed by atoms with Crippen molar-refractivity contribution < 1.29 is 4.74 Å². The predicted molar refractivity (Wildman–Crippen MR) is 94.1 cm³/mol. The van der Waals surface area contributed by atoms with Crippen molar-refractivity contribution in [3.63, 3.8) is 0 Å². The highest BCUT2D eigenvalue weighted by atomic mass is 32.1. The number of aromatic nitrogens is 5. The minimum absolute atomic E-state index is 0.0172. The third kappa shape index (κ3) is 2.81. The Hall–Kier alpha value is -2.32. The molecule has 1 unspecified atom stereocenters. The largest absolute Gasteiger partial charge is 0.377 e. The second-order valence-corrected chi connectivity index (χ2v) is 7.09. The molecule has 0 spiro atoms. The number of ether oxygens (including phenoxy) is 1. The average Bonchev–Trinajstić information content (AvgIpc) is 3.21. The van der Waals surface area contributed by atoms with E-state index in [-0.39, 0.29) is 6.04 Å². The minimum atomic E-state index is -0.0172. The fourth-order valence-electron chi connectivity index (χ4n) is 3.14. The quantitative estimate of drug-likeness (QED) is 0.717. The van der Waals surface area contributed by atoms with Gasteiger partial charge in [0.1, 0.15) is 18.2 Å². The molecule has 1 aliphatic carbocycles. The number of benzene rings is 1. The van der Waals surface area contributed by atoms with E-state index in [0.29, 0.717) is 19.1 Å². The highest BCUT2D eigenvalue weighted by Crippen LogP contribution is 2.40. The maximum atomic E-state index is 5.75. The van der Waals surface area contributed by atoms with Crippen LogP contribution in [0.5, 0.6) is 0 Å². The summed E-state index contributed by atoms with van der Waals surface area (Å²) in [7, 11) is 0. The molecule has 5 rings (SSSR count). The molecular formula is C17H18N6OS. The summed E-state index contributed by atoms with van der Waals surface area (Å²) in [6, 6.07) is 10.0. The lowest BCUT2D eigenvalue weighted by Gasteiger charge is -2.34. The van der Waals surface area contributed by atoms with E-state index in [1.54, 1.807) is 6.33 Å². The maximum Gasteiger partial charge on any atom is 0.206 e. The molecule has 0 N–H and O–H groups in total. The molecule has 1 atom stereocenters. The molecule has 25 heavy (non-hydrogen) atoms. The molecule has 1 saturated carbocycles. The molecule has 1 aliphatic heterocycles.